The molecule has 11 atom stereocenters. The van der Waals surface area contributed by atoms with Crippen LogP contribution in [0.2, 0.25) is 0 Å². The first-order valence-corrected chi connectivity index (χ1v) is 15.5. The lowest BCUT2D eigenvalue weighted by Crippen LogP contribution is -2.73. The number of hydrogen-bond acceptors (Lipinski definition) is 19. The van der Waals surface area contributed by atoms with Crippen molar-refractivity contribution in [1.29, 1.82) is 0 Å². The van der Waals surface area contributed by atoms with Gasteiger partial charge in [0.2, 0.25) is 5.85 Å². The maximum absolute atomic E-state index is 14.0. The van der Waals surface area contributed by atoms with Gasteiger partial charge in [0.25, 0.3) is 0 Å². The molecule has 1 unspecified atom stereocenters. The van der Waals surface area contributed by atoms with Crippen molar-refractivity contribution in [3.05, 3.63) is 0 Å². The van der Waals surface area contributed by atoms with E-state index in [1.807, 2.05) is 0 Å². The molecule has 0 aromatic carbocycles. The average molecular weight is 735 g/mol. The molecule has 0 spiro atoms. The van der Waals surface area contributed by atoms with Gasteiger partial charge in [0, 0.05) is 62.7 Å². The first-order valence-electron chi connectivity index (χ1n) is 15.5. The molecular formula is C30H42N2O19. The Hall–Kier alpha value is -4.44. The van der Waals surface area contributed by atoms with Gasteiger partial charge in [-0.15, -0.1) is 0 Å². The SMILES string of the molecule is CO[C@@H]1O[C@H](COC(C)=O)[C@@H](OC(C)=O)[C@H](OC(C)=O)[C@H]1N1C(=O)C(=O)N([C@H]2[C@@H](OC)O[C@H](COC(C)=O)[C@@H](OC(C)=O)[C@@H]2OC(C)=O)C1(C)O. The molecule has 3 aliphatic heterocycles. The van der Waals surface area contributed by atoms with Crippen molar-refractivity contribution in [2.45, 2.75) is 116 Å². The standard InChI is InChI=1S/C30H42N2O19/c1-12(33)44-10-18-22(46-14(3)35)24(48-16(5)37)20(28(42-8)50-18)31-26(39)27(40)32(30(31,7)41)21-25(49-17(6)38)23(47-15(4)36)19(11-45-13(2)34)51-29(21)43-9/h18-25,28-29,41H,10-11H2,1-9H3/t18-,19-,20-,21-,22-,23-,24-,25-,28-,29+,30?/m1/s1. The van der Waals surface area contributed by atoms with Crippen LogP contribution in [0, 0.1) is 0 Å². The van der Waals surface area contributed by atoms with Gasteiger partial charge in [-0.05, 0) is 0 Å². The summed E-state index contributed by atoms with van der Waals surface area (Å²) in [5.41, 5.74) is 0. The molecule has 3 aliphatic rings. The normalized spacial score (nSPS) is 33.6. The second-order valence-corrected chi connectivity index (χ2v) is 11.8. The van der Waals surface area contributed by atoms with Gasteiger partial charge in [0.1, 0.15) is 37.5 Å². The molecule has 0 aliphatic carbocycles. The Morgan fingerprint density at radius 2 is 0.882 bits per heavy atom. The van der Waals surface area contributed by atoms with E-state index in [1.54, 1.807) is 0 Å². The summed E-state index contributed by atoms with van der Waals surface area (Å²) >= 11 is 0. The third kappa shape index (κ3) is 9.08. The highest BCUT2D eigenvalue weighted by atomic mass is 16.7. The number of ether oxygens (including phenoxy) is 10. The second-order valence-electron chi connectivity index (χ2n) is 11.8. The molecule has 3 fully saturated rings. The van der Waals surface area contributed by atoms with E-state index in [9.17, 15) is 43.5 Å². The summed E-state index contributed by atoms with van der Waals surface area (Å²) in [6.07, 6.45) is -12.7. The van der Waals surface area contributed by atoms with Crippen molar-refractivity contribution < 1.29 is 90.8 Å². The highest BCUT2D eigenvalue weighted by molar-refractivity contribution is 6.37. The Bertz CT molecular complexity index is 1280. The number of carbonyl (C=O) groups excluding carboxylic acids is 8. The minimum atomic E-state index is -2.80. The Morgan fingerprint density at radius 1 is 0.588 bits per heavy atom. The van der Waals surface area contributed by atoms with Crippen LogP contribution in [0.5, 0.6) is 0 Å². The molecule has 21 nitrogen and oxygen atoms in total. The molecule has 0 radical (unpaired) electrons. The third-order valence-electron chi connectivity index (χ3n) is 7.93. The van der Waals surface area contributed by atoms with E-state index < -0.39 is 128 Å². The number of rotatable bonds is 12. The molecule has 0 saturated carbocycles. The van der Waals surface area contributed by atoms with E-state index >= 15 is 0 Å². The minimum absolute atomic E-state index is 0.541. The summed E-state index contributed by atoms with van der Waals surface area (Å²) < 4.78 is 54.7. The van der Waals surface area contributed by atoms with Crippen molar-refractivity contribution in [1.82, 2.24) is 9.80 Å². The molecule has 0 bridgehead atoms. The van der Waals surface area contributed by atoms with Crippen molar-refractivity contribution in [3.63, 3.8) is 0 Å². The number of nitrogens with zero attached hydrogens (tertiary/aromatic N) is 2. The Morgan fingerprint density at radius 3 is 1.14 bits per heavy atom. The first kappa shape index (κ1) is 41.0. The topological polar surface area (TPSA) is 256 Å². The lowest BCUT2D eigenvalue weighted by atomic mass is 9.93. The fourth-order valence-electron chi connectivity index (χ4n) is 6.24. The van der Waals surface area contributed by atoms with Crippen LogP contribution in [0.25, 0.3) is 0 Å². The van der Waals surface area contributed by atoms with Crippen molar-refractivity contribution in [2.75, 3.05) is 27.4 Å². The predicted octanol–water partition coefficient (Wildman–Crippen LogP) is -2.34. The molecule has 0 aromatic heterocycles. The number of esters is 6. The summed E-state index contributed by atoms with van der Waals surface area (Å²) in [5, 5.41) is 12.3. The van der Waals surface area contributed by atoms with Gasteiger partial charge in [-0.1, -0.05) is 0 Å². The maximum atomic E-state index is 14.0. The van der Waals surface area contributed by atoms with Crippen LogP contribution < -0.4 is 0 Å². The number of carbonyl (C=O) groups is 8. The van der Waals surface area contributed by atoms with Crippen LogP contribution in [0.4, 0.5) is 0 Å². The lowest BCUT2D eigenvalue weighted by Gasteiger charge is -2.52. The van der Waals surface area contributed by atoms with Crippen LogP contribution in [0.1, 0.15) is 48.5 Å². The van der Waals surface area contributed by atoms with Gasteiger partial charge in [-0.2, -0.15) is 0 Å². The summed E-state index contributed by atoms with van der Waals surface area (Å²) in [4.78, 5) is 102. The maximum Gasteiger partial charge on any atom is 0.316 e. The van der Waals surface area contributed by atoms with E-state index in [0.717, 1.165) is 62.7 Å². The molecule has 1 N–H and O–H groups in total. The first-order chi connectivity index (χ1) is 23.8. The van der Waals surface area contributed by atoms with Gasteiger partial charge in [-0.3, -0.25) is 48.2 Å². The van der Waals surface area contributed by atoms with Crippen molar-refractivity contribution in [3.8, 4) is 0 Å². The number of aliphatic hydroxyl groups is 1. The quantitative estimate of drug-likeness (QED) is 0.125. The number of methoxy groups -OCH3 is 2. The zero-order valence-electron chi connectivity index (χ0n) is 29.4. The van der Waals surface area contributed by atoms with Gasteiger partial charge in [-0.25, -0.2) is 0 Å². The third-order valence-corrected chi connectivity index (χ3v) is 7.93. The van der Waals surface area contributed by atoms with Crippen molar-refractivity contribution >= 4 is 47.6 Å². The minimum Gasteiger partial charge on any atom is -0.463 e. The number of hydrogen-bond donors (Lipinski definition) is 1. The van der Waals surface area contributed by atoms with Gasteiger partial charge in [0.15, 0.2) is 37.0 Å². The second kappa shape index (κ2) is 16.7. The smallest absolute Gasteiger partial charge is 0.316 e. The zero-order chi connectivity index (χ0) is 38.5. The Balaban J connectivity index is 2.21. The molecule has 3 rings (SSSR count). The monoisotopic (exact) mass is 734 g/mol. The molecule has 3 saturated heterocycles. The van der Waals surface area contributed by atoms with E-state index in [4.69, 9.17) is 47.4 Å². The van der Waals surface area contributed by atoms with Crippen LogP contribution in [0.3, 0.4) is 0 Å². The summed E-state index contributed by atoms with van der Waals surface area (Å²) in [5.74, 6) is -10.9. The van der Waals surface area contributed by atoms with Crippen LogP contribution in [-0.2, 0) is 85.7 Å². The molecule has 51 heavy (non-hydrogen) atoms. The van der Waals surface area contributed by atoms with Crippen LogP contribution in [0.15, 0.2) is 0 Å². The van der Waals surface area contributed by atoms with Crippen molar-refractivity contribution in [2.24, 2.45) is 0 Å². The Kier molecular flexibility index (Phi) is 13.4. The molecule has 21 heteroatoms. The fourth-order valence-corrected chi connectivity index (χ4v) is 6.24. The predicted molar refractivity (Wildman–Crippen MR) is 159 cm³/mol. The zero-order valence-corrected chi connectivity index (χ0v) is 29.4. The average Bonchev–Trinajstić information content (AvgIpc) is 3.18. The summed E-state index contributed by atoms with van der Waals surface area (Å²) in [6, 6.07) is -3.54. The molecular weight excluding hydrogens is 692 g/mol. The van der Waals surface area contributed by atoms with Gasteiger partial charge in [0.05, 0.1) is 0 Å². The largest absolute Gasteiger partial charge is 0.463 e. The number of amides is 2. The fraction of sp³-hybridized carbons (Fsp3) is 0.733. The van der Waals surface area contributed by atoms with E-state index in [2.05, 4.69) is 0 Å². The Labute approximate surface area is 291 Å². The molecule has 3 heterocycles. The highest BCUT2D eigenvalue weighted by Gasteiger charge is 2.67. The van der Waals surface area contributed by atoms with E-state index in [0.29, 0.717) is 9.80 Å². The summed E-state index contributed by atoms with van der Waals surface area (Å²) in [6.45, 7) is 6.11. The van der Waals surface area contributed by atoms with Crippen LogP contribution >= 0.6 is 0 Å². The lowest BCUT2D eigenvalue weighted by molar-refractivity contribution is -0.325. The van der Waals surface area contributed by atoms with Gasteiger partial charge >= 0.3 is 47.6 Å². The molecule has 286 valence electrons. The van der Waals surface area contributed by atoms with E-state index in [-0.39, 0.29) is 0 Å². The molecule has 2 amide bonds. The van der Waals surface area contributed by atoms with Crippen LogP contribution in [-0.4, -0.2) is 157 Å². The highest BCUT2D eigenvalue weighted by Crippen LogP contribution is 2.42. The van der Waals surface area contributed by atoms with E-state index in [1.165, 1.54) is 0 Å². The molecule has 0 aromatic rings. The van der Waals surface area contributed by atoms with Gasteiger partial charge < -0.3 is 52.5 Å². The summed E-state index contributed by atoms with van der Waals surface area (Å²) in [7, 11) is 2.23.